The molecule has 1 N–H and O–H groups in total. The first-order chi connectivity index (χ1) is 12.6. The third-order valence-electron chi connectivity index (χ3n) is 3.90. The van der Waals surface area contributed by atoms with Gasteiger partial charge >= 0.3 is 0 Å². The predicted molar refractivity (Wildman–Crippen MR) is 104 cm³/mol. The van der Waals surface area contributed by atoms with E-state index in [4.69, 9.17) is 4.74 Å². The molecule has 0 saturated heterocycles. The Kier molecular flexibility index (Phi) is 5.57. The van der Waals surface area contributed by atoms with Gasteiger partial charge in [-0.15, -0.1) is 0 Å². The number of hydrogen-bond donors (Lipinski definition) is 1. The van der Waals surface area contributed by atoms with Gasteiger partial charge in [0.25, 0.3) is 0 Å². The maximum atomic E-state index is 12.4. The normalized spacial score (nSPS) is 11.0. The van der Waals surface area contributed by atoms with E-state index in [1.807, 2.05) is 55.5 Å². The van der Waals surface area contributed by atoms with E-state index in [9.17, 15) is 8.42 Å². The van der Waals surface area contributed by atoms with Gasteiger partial charge < -0.3 is 4.74 Å². The number of sulfonamides is 1. The SMILES string of the molecule is Cc1ccccc1OCC#CCNS(=O)(=O)c1ccc2ccccc2c1. The Labute approximate surface area is 153 Å². The molecule has 3 aromatic carbocycles. The number of ether oxygens (including phenoxy) is 1. The fraction of sp³-hybridized carbons (Fsp3) is 0.143. The molecule has 0 spiro atoms. The monoisotopic (exact) mass is 365 g/mol. The van der Waals surface area contributed by atoms with Crippen LogP contribution in [-0.4, -0.2) is 21.6 Å². The Morgan fingerprint density at radius 3 is 2.46 bits per heavy atom. The molecule has 0 aromatic heterocycles. The van der Waals surface area contributed by atoms with Crippen molar-refractivity contribution in [1.29, 1.82) is 0 Å². The molecule has 4 nitrogen and oxygen atoms in total. The number of rotatable bonds is 5. The summed E-state index contributed by atoms with van der Waals surface area (Å²) in [5.74, 6) is 6.36. The predicted octanol–water partition coefficient (Wildman–Crippen LogP) is 3.51. The van der Waals surface area contributed by atoms with Crippen molar-refractivity contribution in [3.8, 4) is 17.6 Å². The molecule has 132 valence electrons. The summed E-state index contributed by atoms with van der Waals surface area (Å²) in [6.45, 7) is 2.20. The van der Waals surface area contributed by atoms with Gasteiger partial charge in [0.2, 0.25) is 10.0 Å². The second-order valence-corrected chi connectivity index (χ2v) is 7.51. The quantitative estimate of drug-likeness (QED) is 0.704. The lowest BCUT2D eigenvalue weighted by Crippen LogP contribution is -2.24. The van der Waals surface area contributed by atoms with Gasteiger partial charge in [0.1, 0.15) is 12.4 Å². The third kappa shape index (κ3) is 4.42. The lowest BCUT2D eigenvalue weighted by atomic mass is 10.1. The average molecular weight is 365 g/mol. The van der Waals surface area contributed by atoms with E-state index in [2.05, 4.69) is 16.6 Å². The number of aryl methyl sites for hydroxylation is 1. The van der Waals surface area contributed by atoms with Gasteiger partial charge in [-0.1, -0.05) is 60.4 Å². The Morgan fingerprint density at radius 1 is 0.923 bits per heavy atom. The standard InChI is InChI=1S/C21H19NO3S/c1-17-8-2-5-11-21(17)25-15-7-6-14-22-26(23,24)20-13-12-18-9-3-4-10-19(18)16-20/h2-5,8-13,16,22H,14-15H2,1H3. The van der Waals surface area contributed by atoms with E-state index in [1.165, 1.54) is 0 Å². The van der Waals surface area contributed by atoms with Crippen LogP contribution in [0.2, 0.25) is 0 Å². The van der Waals surface area contributed by atoms with E-state index in [0.717, 1.165) is 22.1 Å². The first-order valence-corrected chi connectivity index (χ1v) is 9.67. The van der Waals surface area contributed by atoms with Crippen LogP contribution in [0.5, 0.6) is 5.75 Å². The molecule has 0 amide bonds. The van der Waals surface area contributed by atoms with Gasteiger partial charge in [0, 0.05) is 0 Å². The van der Waals surface area contributed by atoms with Gasteiger partial charge in [-0.3, -0.25) is 0 Å². The fourth-order valence-electron chi connectivity index (χ4n) is 2.49. The highest BCUT2D eigenvalue weighted by Crippen LogP contribution is 2.18. The van der Waals surface area contributed by atoms with E-state index in [-0.39, 0.29) is 18.0 Å². The third-order valence-corrected chi connectivity index (χ3v) is 5.30. The highest BCUT2D eigenvalue weighted by Gasteiger charge is 2.12. The molecule has 0 aliphatic heterocycles. The van der Waals surface area contributed by atoms with Gasteiger partial charge in [0.05, 0.1) is 11.4 Å². The number of fused-ring (bicyclic) bond motifs is 1. The van der Waals surface area contributed by atoms with Crippen molar-refractivity contribution in [1.82, 2.24) is 4.72 Å². The van der Waals surface area contributed by atoms with Crippen molar-refractivity contribution >= 4 is 20.8 Å². The molecule has 26 heavy (non-hydrogen) atoms. The van der Waals surface area contributed by atoms with E-state index < -0.39 is 10.0 Å². The summed E-state index contributed by atoms with van der Waals surface area (Å²) in [7, 11) is -3.59. The largest absolute Gasteiger partial charge is 0.481 e. The van der Waals surface area contributed by atoms with Crippen LogP contribution in [0.25, 0.3) is 10.8 Å². The molecule has 0 radical (unpaired) electrons. The minimum absolute atomic E-state index is 0.0340. The highest BCUT2D eigenvalue weighted by molar-refractivity contribution is 7.89. The summed E-state index contributed by atoms with van der Waals surface area (Å²) in [6.07, 6.45) is 0. The van der Waals surface area contributed by atoms with Crippen molar-refractivity contribution < 1.29 is 13.2 Å². The van der Waals surface area contributed by atoms with Crippen molar-refractivity contribution in [2.45, 2.75) is 11.8 Å². The second-order valence-electron chi connectivity index (χ2n) is 5.74. The summed E-state index contributed by atoms with van der Waals surface area (Å²) in [5.41, 5.74) is 1.03. The van der Waals surface area contributed by atoms with Crippen LogP contribution in [-0.2, 0) is 10.0 Å². The highest BCUT2D eigenvalue weighted by atomic mass is 32.2. The second kappa shape index (κ2) is 8.05. The molecular formula is C21H19NO3S. The number of benzene rings is 3. The van der Waals surface area contributed by atoms with Gasteiger partial charge in [-0.25, -0.2) is 8.42 Å². The molecule has 0 atom stereocenters. The van der Waals surface area contributed by atoms with E-state index in [1.54, 1.807) is 18.2 Å². The zero-order chi connectivity index (χ0) is 18.4. The first kappa shape index (κ1) is 18.0. The number of nitrogens with one attached hydrogen (secondary N) is 1. The average Bonchev–Trinajstić information content (AvgIpc) is 2.65. The van der Waals surface area contributed by atoms with Gasteiger partial charge in [0.15, 0.2) is 0 Å². The van der Waals surface area contributed by atoms with Crippen molar-refractivity contribution in [2.75, 3.05) is 13.2 Å². The van der Waals surface area contributed by atoms with Gasteiger partial charge in [-0.05, 0) is 41.5 Å². The minimum atomic E-state index is -3.59. The zero-order valence-electron chi connectivity index (χ0n) is 14.4. The molecule has 0 saturated carbocycles. The van der Waals surface area contributed by atoms with Crippen LogP contribution in [0.15, 0.2) is 71.6 Å². The molecule has 3 rings (SSSR count). The topological polar surface area (TPSA) is 55.4 Å². The lowest BCUT2D eigenvalue weighted by Gasteiger charge is -2.06. The molecule has 0 aliphatic rings. The summed E-state index contributed by atoms with van der Waals surface area (Å²) in [5, 5.41) is 1.88. The van der Waals surface area contributed by atoms with Crippen LogP contribution < -0.4 is 9.46 Å². The van der Waals surface area contributed by atoms with E-state index in [0.29, 0.717) is 0 Å². The smallest absolute Gasteiger partial charge is 0.241 e. The van der Waals surface area contributed by atoms with Crippen LogP contribution in [0.1, 0.15) is 5.56 Å². The fourth-order valence-corrected chi connectivity index (χ4v) is 3.45. The number of para-hydroxylation sites is 1. The lowest BCUT2D eigenvalue weighted by molar-refractivity contribution is 0.367. The Balaban J connectivity index is 1.57. The zero-order valence-corrected chi connectivity index (χ0v) is 15.2. The Hall–Kier alpha value is -2.81. The Morgan fingerprint density at radius 2 is 1.65 bits per heavy atom. The molecule has 3 aromatic rings. The molecule has 0 unspecified atom stereocenters. The molecular weight excluding hydrogens is 346 g/mol. The summed E-state index contributed by atoms with van der Waals surface area (Å²) >= 11 is 0. The molecule has 0 bridgehead atoms. The van der Waals surface area contributed by atoms with Crippen LogP contribution >= 0.6 is 0 Å². The maximum Gasteiger partial charge on any atom is 0.241 e. The van der Waals surface area contributed by atoms with Crippen molar-refractivity contribution in [3.05, 3.63) is 72.3 Å². The minimum Gasteiger partial charge on any atom is -0.481 e. The van der Waals surface area contributed by atoms with Crippen LogP contribution in [0.3, 0.4) is 0 Å². The Bertz CT molecular complexity index is 1080. The summed E-state index contributed by atoms with van der Waals surface area (Å²) < 4.78 is 32.8. The first-order valence-electron chi connectivity index (χ1n) is 8.19. The summed E-state index contributed by atoms with van der Waals surface area (Å²) in [6, 6.07) is 20.4. The number of hydrogen-bond acceptors (Lipinski definition) is 3. The van der Waals surface area contributed by atoms with Crippen LogP contribution in [0, 0.1) is 18.8 Å². The molecule has 0 heterocycles. The van der Waals surface area contributed by atoms with Gasteiger partial charge in [-0.2, -0.15) is 4.72 Å². The molecule has 5 heteroatoms. The summed E-state index contributed by atoms with van der Waals surface area (Å²) in [4.78, 5) is 0.231. The van der Waals surface area contributed by atoms with Crippen molar-refractivity contribution in [2.24, 2.45) is 0 Å². The molecule has 0 fully saturated rings. The van der Waals surface area contributed by atoms with E-state index >= 15 is 0 Å². The molecule has 0 aliphatic carbocycles. The van der Waals surface area contributed by atoms with Crippen LogP contribution in [0.4, 0.5) is 0 Å². The maximum absolute atomic E-state index is 12.4. The van der Waals surface area contributed by atoms with Crippen molar-refractivity contribution in [3.63, 3.8) is 0 Å².